The third kappa shape index (κ3) is 3.01. The topological polar surface area (TPSA) is 34.9 Å². The number of hydrogen-bond acceptors (Lipinski definition) is 2. The van der Waals surface area contributed by atoms with E-state index in [1.54, 1.807) is 0 Å². The highest BCUT2D eigenvalue weighted by molar-refractivity contribution is 5.49. The number of unbranched alkanes of at least 4 members (excludes halogenated alkanes) is 1. The Morgan fingerprint density at radius 2 is 2.38 bits per heavy atom. The summed E-state index contributed by atoms with van der Waals surface area (Å²) in [7, 11) is 0. The van der Waals surface area contributed by atoms with Crippen molar-refractivity contribution in [1.82, 2.24) is 9.78 Å². The number of hydrogen-bond donors (Lipinski definition) is 0. The molecule has 1 heterocycles. The third-order valence-electron chi connectivity index (χ3n) is 1.97. The molecule has 0 unspecified atom stereocenters. The summed E-state index contributed by atoms with van der Waals surface area (Å²) in [6, 6.07) is 0.417. The zero-order valence-corrected chi connectivity index (χ0v) is 8.23. The molecule has 0 aliphatic heterocycles. The third-order valence-corrected chi connectivity index (χ3v) is 1.97. The average Bonchev–Trinajstić information content (AvgIpc) is 2.53. The van der Waals surface area contributed by atoms with Crippen molar-refractivity contribution in [2.24, 2.45) is 0 Å². The Labute approximate surface area is 78.8 Å². The van der Waals surface area contributed by atoms with Gasteiger partial charge in [0.25, 0.3) is 0 Å². The van der Waals surface area contributed by atoms with E-state index in [2.05, 4.69) is 25.1 Å². The molecular formula is C10H16N2O. The van der Waals surface area contributed by atoms with Crippen LogP contribution in [0.3, 0.4) is 0 Å². The van der Waals surface area contributed by atoms with Crippen molar-refractivity contribution in [3.05, 3.63) is 18.0 Å². The van der Waals surface area contributed by atoms with Crippen molar-refractivity contribution in [3.63, 3.8) is 0 Å². The van der Waals surface area contributed by atoms with Crippen molar-refractivity contribution in [2.45, 2.75) is 39.2 Å². The highest BCUT2D eigenvalue weighted by Crippen LogP contribution is 2.07. The van der Waals surface area contributed by atoms with Gasteiger partial charge in [-0.15, -0.1) is 0 Å². The molecule has 0 amide bonds. The Kier molecular flexibility index (Phi) is 3.68. The first-order valence-corrected chi connectivity index (χ1v) is 4.70. The molecule has 3 nitrogen and oxygen atoms in total. The molecule has 1 aromatic heterocycles. The summed E-state index contributed by atoms with van der Waals surface area (Å²) in [4.78, 5) is 10.1. The lowest BCUT2D eigenvalue weighted by atomic mass is 10.2. The lowest BCUT2D eigenvalue weighted by Gasteiger charge is -2.02. The van der Waals surface area contributed by atoms with Crippen molar-refractivity contribution in [1.29, 1.82) is 0 Å². The summed E-state index contributed by atoms with van der Waals surface area (Å²) in [5.41, 5.74) is 1.22. The lowest BCUT2D eigenvalue weighted by Crippen LogP contribution is -1.99. The Morgan fingerprint density at radius 1 is 1.62 bits per heavy atom. The van der Waals surface area contributed by atoms with Gasteiger partial charge >= 0.3 is 0 Å². The minimum Gasteiger partial charge on any atom is -0.303 e. The van der Waals surface area contributed by atoms with Gasteiger partial charge in [-0.2, -0.15) is 5.10 Å². The smallest absolute Gasteiger partial charge is 0.120 e. The molecule has 0 radical (unpaired) electrons. The highest BCUT2D eigenvalue weighted by Gasteiger charge is 2.00. The monoisotopic (exact) mass is 180 g/mol. The van der Waals surface area contributed by atoms with Gasteiger partial charge in [0.15, 0.2) is 0 Å². The van der Waals surface area contributed by atoms with Crippen molar-refractivity contribution in [2.75, 3.05) is 0 Å². The average molecular weight is 180 g/mol. The molecule has 0 bridgehead atoms. The number of aromatic nitrogens is 2. The maximum atomic E-state index is 10.1. The number of aldehydes is 1. The van der Waals surface area contributed by atoms with Crippen LogP contribution < -0.4 is 0 Å². The second-order valence-corrected chi connectivity index (χ2v) is 3.48. The summed E-state index contributed by atoms with van der Waals surface area (Å²) < 4.78 is 1.94. The molecule has 1 aromatic rings. The van der Waals surface area contributed by atoms with E-state index in [0.29, 0.717) is 12.5 Å². The van der Waals surface area contributed by atoms with Gasteiger partial charge in [-0.1, -0.05) is 0 Å². The first-order valence-electron chi connectivity index (χ1n) is 4.70. The molecular weight excluding hydrogens is 164 g/mol. The molecule has 72 valence electrons. The maximum Gasteiger partial charge on any atom is 0.120 e. The fourth-order valence-electron chi connectivity index (χ4n) is 1.18. The largest absolute Gasteiger partial charge is 0.303 e. The number of rotatable bonds is 5. The standard InChI is InChI=1S/C10H16N2O/c1-9(2)12-8-10(7-11-12)5-3-4-6-13/h6-9H,3-5H2,1-2H3. The Balaban J connectivity index is 2.44. The van der Waals surface area contributed by atoms with Gasteiger partial charge in [-0.05, 0) is 32.3 Å². The predicted molar refractivity (Wildman–Crippen MR) is 51.6 cm³/mol. The van der Waals surface area contributed by atoms with Crippen LogP contribution in [0.2, 0.25) is 0 Å². The van der Waals surface area contributed by atoms with Gasteiger partial charge in [-0.25, -0.2) is 0 Å². The van der Waals surface area contributed by atoms with Gasteiger partial charge in [0.1, 0.15) is 6.29 Å². The summed E-state index contributed by atoms with van der Waals surface area (Å²) in [6.45, 7) is 4.20. The summed E-state index contributed by atoms with van der Waals surface area (Å²) in [5, 5.41) is 4.22. The van der Waals surface area contributed by atoms with Crippen LogP contribution in [-0.2, 0) is 11.2 Å². The highest BCUT2D eigenvalue weighted by atomic mass is 16.1. The molecule has 0 saturated heterocycles. The molecule has 0 spiro atoms. The molecule has 3 heteroatoms. The van der Waals surface area contributed by atoms with Gasteiger partial charge in [0, 0.05) is 18.7 Å². The summed E-state index contributed by atoms with van der Waals surface area (Å²) in [6.07, 6.45) is 7.42. The van der Waals surface area contributed by atoms with Crippen LogP contribution in [0.15, 0.2) is 12.4 Å². The Bertz CT molecular complexity index is 266. The number of nitrogens with zero attached hydrogens (tertiary/aromatic N) is 2. The molecule has 0 saturated carbocycles. The first kappa shape index (κ1) is 9.96. The minimum absolute atomic E-state index is 0.417. The van der Waals surface area contributed by atoms with E-state index in [0.717, 1.165) is 19.1 Å². The van der Waals surface area contributed by atoms with Crippen molar-refractivity contribution < 1.29 is 4.79 Å². The van der Waals surface area contributed by atoms with Gasteiger partial charge < -0.3 is 4.79 Å². The quantitative estimate of drug-likeness (QED) is 0.513. The maximum absolute atomic E-state index is 10.1. The number of carbonyl (C=O) groups excluding carboxylic acids is 1. The van der Waals surface area contributed by atoms with E-state index in [-0.39, 0.29) is 0 Å². The van der Waals surface area contributed by atoms with Crippen LogP contribution in [0.4, 0.5) is 0 Å². The fraction of sp³-hybridized carbons (Fsp3) is 0.600. The molecule has 0 aliphatic carbocycles. The molecule has 0 atom stereocenters. The van der Waals surface area contributed by atoms with E-state index in [1.807, 2.05) is 10.9 Å². The van der Waals surface area contributed by atoms with E-state index in [1.165, 1.54) is 5.56 Å². The molecule has 0 N–H and O–H groups in total. The van der Waals surface area contributed by atoms with Crippen LogP contribution in [0.25, 0.3) is 0 Å². The van der Waals surface area contributed by atoms with E-state index in [4.69, 9.17) is 0 Å². The van der Waals surface area contributed by atoms with Crippen LogP contribution in [0.1, 0.15) is 38.3 Å². The van der Waals surface area contributed by atoms with Gasteiger partial charge in [-0.3, -0.25) is 4.68 Å². The van der Waals surface area contributed by atoms with Crippen LogP contribution in [-0.4, -0.2) is 16.1 Å². The Morgan fingerprint density at radius 3 is 2.92 bits per heavy atom. The predicted octanol–water partition coefficient (Wildman–Crippen LogP) is 1.99. The van der Waals surface area contributed by atoms with E-state index >= 15 is 0 Å². The van der Waals surface area contributed by atoms with Gasteiger partial charge in [0.05, 0.1) is 6.20 Å². The lowest BCUT2D eigenvalue weighted by molar-refractivity contribution is -0.107. The van der Waals surface area contributed by atoms with Crippen molar-refractivity contribution >= 4 is 6.29 Å². The fourth-order valence-corrected chi connectivity index (χ4v) is 1.18. The molecule has 13 heavy (non-hydrogen) atoms. The van der Waals surface area contributed by atoms with Crippen LogP contribution in [0, 0.1) is 0 Å². The van der Waals surface area contributed by atoms with Crippen LogP contribution >= 0.6 is 0 Å². The SMILES string of the molecule is CC(C)n1cc(CCCC=O)cn1. The zero-order valence-electron chi connectivity index (χ0n) is 8.23. The normalized spacial score (nSPS) is 10.7. The van der Waals surface area contributed by atoms with Crippen LogP contribution in [0.5, 0.6) is 0 Å². The molecule has 0 aromatic carbocycles. The first-order chi connectivity index (χ1) is 6.24. The number of carbonyl (C=O) groups is 1. The van der Waals surface area contributed by atoms with Crippen molar-refractivity contribution in [3.8, 4) is 0 Å². The zero-order chi connectivity index (χ0) is 9.68. The summed E-state index contributed by atoms with van der Waals surface area (Å²) >= 11 is 0. The second-order valence-electron chi connectivity index (χ2n) is 3.48. The molecule has 0 fully saturated rings. The van der Waals surface area contributed by atoms with Gasteiger partial charge in [0.2, 0.25) is 0 Å². The van der Waals surface area contributed by atoms with E-state index in [9.17, 15) is 4.79 Å². The minimum atomic E-state index is 0.417. The van der Waals surface area contributed by atoms with E-state index < -0.39 is 0 Å². The molecule has 1 rings (SSSR count). The second kappa shape index (κ2) is 4.80. The number of aryl methyl sites for hydroxylation is 1. The summed E-state index contributed by atoms with van der Waals surface area (Å²) in [5.74, 6) is 0. The molecule has 0 aliphatic rings. The Hall–Kier alpha value is -1.12.